The third-order valence-electron chi connectivity index (χ3n) is 6.49. The first-order valence-electron chi connectivity index (χ1n) is 9.97. The van der Waals surface area contributed by atoms with Crippen LogP contribution in [0, 0.1) is 5.92 Å². The number of thiazole rings is 1. The average molecular weight is 383 g/mol. The molecule has 1 amide bonds. The molecule has 2 atom stereocenters. The van der Waals surface area contributed by atoms with Gasteiger partial charge in [-0.05, 0) is 31.5 Å². The number of amides is 1. The van der Waals surface area contributed by atoms with Crippen LogP contribution in [0.25, 0.3) is 0 Å². The van der Waals surface area contributed by atoms with Crippen molar-refractivity contribution in [2.24, 2.45) is 5.92 Å². The highest BCUT2D eigenvalue weighted by molar-refractivity contribution is 7.07. The highest BCUT2D eigenvalue weighted by atomic mass is 32.1. The number of likely N-dealkylation sites (tertiary alicyclic amines) is 3. The molecule has 3 aliphatic rings. The lowest BCUT2D eigenvalue weighted by Gasteiger charge is -2.50. The summed E-state index contributed by atoms with van der Waals surface area (Å²) in [5, 5.41) is 1.86. The van der Waals surface area contributed by atoms with E-state index in [9.17, 15) is 4.79 Å². The molecular formula is C21H26N4OS. The van der Waals surface area contributed by atoms with Gasteiger partial charge in [0.05, 0.1) is 5.51 Å². The molecule has 0 unspecified atom stereocenters. The molecule has 3 fully saturated rings. The van der Waals surface area contributed by atoms with Gasteiger partial charge in [0.15, 0.2) is 0 Å². The summed E-state index contributed by atoms with van der Waals surface area (Å²) < 4.78 is 0. The van der Waals surface area contributed by atoms with Crippen LogP contribution in [0.4, 0.5) is 0 Å². The number of nitrogens with zero attached hydrogens (tertiary/aromatic N) is 4. The number of carbonyl (C=O) groups is 1. The molecule has 142 valence electrons. The van der Waals surface area contributed by atoms with Crippen LogP contribution in [0.3, 0.4) is 0 Å². The van der Waals surface area contributed by atoms with Crippen LogP contribution >= 0.6 is 11.3 Å². The summed E-state index contributed by atoms with van der Waals surface area (Å²) in [5.74, 6) is 0.776. The summed E-state index contributed by atoms with van der Waals surface area (Å²) >= 11 is 1.49. The molecule has 0 bridgehead atoms. The summed E-state index contributed by atoms with van der Waals surface area (Å²) in [7, 11) is 0. The van der Waals surface area contributed by atoms with E-state index in [1.165, 1.54) is 42.8 Å². The zero-order chi connectivity index (χ0) is 18.2. The second kappa shape index (κ2) is 7.34. The molecule has 0 saturated carbocycles. The van der Waals surface area contributed by atoms with Crippen LogP contribution in [-0.4, -0.2) is 70.4 Å². The van der Waals surface area contributed by atoms with Crippen LogP contribution in [0.2, 0.25) is 0 Å². The Morgan fingerprint density at radius 1 is 1.11 bits per heavy atom. The quantitative estimate of drug-likeness (QED) is 0.815. The van der Waals surface area contributed by atoms with E-state index in [0.29, 0.717) is 23.7 Å². The van der Waals surface area contributed by atoms with Crippen molar-refractivity contribution in [2.45, 2.75) is 31.5 Å². The lowest BCUT2D eigenvalue weighted by Crippen LogP contribution is -2.61. The van der Waals surface area contributed by atoms with Gasteiger partial charge in [-0.3, -0.25) is 14.6 Å². The fraction of sp³-hybridized carbons (Fsp3) is 0.524. The van der Waals surface area contributed by atoms with Gasteiger partial charge < -0.3 is 4.90 Å². The first-order valence-corrected chi connectivity index (χ1v) is 10.9. The summed E-state index contributed by atoms with van der Waals surface area (Å²) in [5.41, 5.74) is 3.77. The number of aromatic nitrogens is 1. The van der Waals surface area contributed by atoms with Crippen LogP contribution in [0.5, 0.6) is 0 Å². The molecule has 2 aromatic rings. The van der Waals surface area contributed by atoms with E-state index in [4.69, 9.17) is 0 Å². The van der Waals surface area contributed by atoms with E-state index in [1.807, 2.05) is 10.3 Å². The zero-order valence-electron chi connectivity index (χ0n) is 15.5. The average Bonchev–Trinajstić information content (AvgIpc) is 3.33. The van der Waals surface area contributed by atoms with E-state index in [2.05, 4.69) is 45.1 Å². The number of carbonyl (C=O) groups excluding carboxylic acids is 1. The summed E-state index contributed by atoms with van der Waals surface area (Å²) in [6.45, 7) is 6.36. The standard InChI is InChI=1S/C21H26N4OS/c26-21(19-14-27-15-22-19)24-11-17-12-25(20(17)13-24)18-6-8-23(9-7-18)10-16-4-2-1-3-5-16/h1-5,14-15,17-18,20H,6-13H2/t17-,20-/m1/s1. The Hall–Kier alpha value is -1.76. The van der Waals surface area contributed by atoms with Gasteiger partial charge in [-0.1, -0.05) is 30.3 Å². The molecule has 5 rings (SSSR count). The molecule has 5 nitrogen and oxygen atoms in total. The van der Waals surface area contributed by atoms with Gasteiger partial charge in [0.2, 0.25) is 0 Å². The van der Waals surface area contributed by atoms with E-state index in [1.54, 1.807) is 5.51 Å². The molecule has 0 aliphatic carbocycles. The molecule has 6 heteroatoms. The largest absolute Gasteiger partial charge is 0.335 e. The zero-order valence-corrected chi connectivity index (χ0v) is 16.4. The van der Waals surface area contributed by atoms with Gasteiger partial charge in [-0.15, -0.1) is 11.3 Å². The minimum Gasteiger partial charge on any atom is -0.335 e. The second-order valence-electron chi connectivity index (χ2n) is 8.10. The fourth-order valence-electron chi connectivity index (χ4n) is 4.99. The van der Waals surface area contributed by atoms with Crippen LogP contribution in [0.1, 0.15) is 28.9 Å². The summed E-state index contributed by atoms with van der Waals surface area (Å²) in [6, 6.07) is 12.0. The number of benzene rings is 1. The second-order valence-corrected chi connectivity index (χ2v) is 8.82. The molecule has 1 aromatic heterocycles. The van der Waals surface area contributed by atoms with Gasteiger partial charge in [0, 0.05) is 49.6 Å². The molecular weight excluding hydrogens is 356 g/mol. The van der Waals surface area contributed by atoms with E-state index < -0.39 is 0 Å². The Morgan fingerprint density at radius 2 is 1.93 bits per heavy atom. The number of rotatable bonds is 4. The van der Waals surface area contributed by atoms with Gasteiger partial charge >= 0.3 is 0 Å². The van der Waals surface area contributed by atoms with Crippen molar-refractivity contribution in [1.82, 2.24) is 19.7 Å². The predicted molar refractivity (Wildman–Crippen MR) is 107 cm³/mol. The minimum atomic E-state index is 0.114. The maximum atomic E-state index is 12.6. The van der Waals surface area contributed by atoms with Crippen LogP contribution < -0.4 is 0 Å². The number of fused-ring (bicyclic) bond motifs is 1. The van der Waals surface area contributed by atoms with Crippen LogP contribution in [0.15, 0.2) is 41.2 Å². The Bertz CT molecular complexity index is 773. The Balaban J connectivity index is 1.13. The maximum Gasteiger partial charge on any atom is 0.273 e. The van der Waals surface area contributed by atoms with Crippen molar-refractivity contribution in [3.63, 3.8) is 0 Å². The predicted octanol–water partition coefficient (Wildman–Crippen LogP) is 2.56. The van der Waals surface area contributed by atoms with E-state index in [0.717, 1.165) is 26.2 Å². The molecule has 4 heterocycles. The van der Waals surface area contributed by atoms with Crippen molar-refractivity contribution in [3.05, 3.63) is 52.5 Å². The van der Waals surface area contributed by atoms with Gasteiger partial charge in [-0.2, -0.15) is 0 Å². The maximum absolute atomic E-state index is 12.6. The SMILES string of the molecule is O=C(c1cscn1)N1C[C@@H]2CN(C3CCN(Cc4ccccc4)CC3)[C@@H]2C1. The number of piperidine rings is 1. The first kappa shape index (κ1) is 17.3. The van der Waals surface area contributed by atoms with Crippen molar-refractivity contribution < 1.29 is 4.79 Å². The lowest BCUT2D eigenvalue weighted by atomic mass is 9.87. The highest BCUT2D eigenvalue weighted by Crippen LogP contribution is 2.37. The van der Waals surface area contributed by atoms with Gasteiger partial charge in [-0.25, -0.2) is 4.98 Å². The topological polar surface area (TPSA) is 39.7 Å². The van der Waals surface area contributed by atoms with Crippen molar-refractivity contribution in [2.75, 3.05) is 32.7 Å². The Morgan fingerprint density at radius 3 is 2.67 bits per heavy atom. The molecule has 0 spiro atoms. The highest BCUT2D eigenvalue weighted by Gasteiger charge is 2.49. The molecule has 27 heavy (non-hydrogen) atoms. The van der Waals surface area contributed by atoms with Gasteiger partial charge in [0.25, 0.3) is 5.91 Å². The van der Waals surface area contributed by atoms with Crippen molar-refractivity contribution in [3.8, 4) is 0 Å². The Labute approximate surface area is 164 Å². The lowest BCUT2D eigenvalue weighted by molar-refractivity contribution is -0.0178. The van der Waals surface area contributed by atoms with Crippen molar-refractivity contribution in [1.29, 1.82) is 0 Å². The number of hydrogen-bond acceptors (Lipinski definition) is 5. The molecule has 1 aromatic carbocycles. The molecule has 3 aliphatic heterocycles. The van der Waals surface area contributed by atoms with Crippen LogP contribution in [-0.2, 0) is 6.54 Å². The van der Waals surface area contributed by atoms with E-state index in [-0.39, 0.29) is 5.91 Å². The normalized spacial score (nSPS) is 26.7. The molecule has 0 N–H and O–H groups in total. The third-order valence-corrected chi connectivity index (χ3v) is 7.08. The monoisotopic (exact) mass is 382 g/mol. The first-order chi connectivity index (χ1) is 13.3. The summed E-state index contributed by atoms with van der Waals surface area (Å²) in [4.78, 5) is 24.0. The summed E-state index contributed by atoms with van der Waals surface area (Å²) in [6.07, 6.45) is 2.49. The minimum absolute atomic E-state index is 0.114. The van der Waals surface area contributed by atoms with Crippen molar-refractivity contribution >= 4 is 17.2 Å². The smallest absolute Gasteiger partial charge is 0.273 e. The number of hydrogen-bond donors (Lipinski definition) is 0. The third kappa shape index (κ3) is 3.42. The molecule has 3 saturated heterocycles. The fourth-order valence-corrected chi connectivity index (χ4v) is 5.52. The van der Waals surface area contributed by atoms with Gasteiger partial charge in [0.1, 0.15) is 5.69 Å². The Kier molecular flexibility index (Phi) is 4.71. The van der Waals surface area contributed by atoms with E-state index >= 15 is 0 Å². The molecule has 0 radical (unpaired) electrons.